The molecule has 4 aromatic carbocycles. The van der Waals surface area contributed by atoms with Crippen LogP contribution in [0, 0.1) is 0 Å². The van der Waals surface area contributed by atoms with Crippen molar-refractivity contribution in [2.75, 3.05) is 18.0 Å². The van der Waals surface area contributed by atoms with Crippen molar-refractivity contribution in [3.05, 3.63) is 148 Å². The highest BCUT2D eigenvalue weighted by molar-refractivity contribution is 9.10. The summed E-state index contributed by atoms with van der Waals surface area (Å²) in [5.41, 5.74) is 6.71. The Morgan fingerprint density at radius 1 is 0.757 bits per heavy atom. The Hall–Kier alpha value is -3.70. The largest absolute Gasteiger partial charge is 0.371 e. The fourth-order valence-corrected chi connectivity index (χ4v) is 6.15. The lowest BCUT2D eigenvalue weighted by molar-refractivity contribution is 0.429. The van der Waals surface area contributed by atoms with E-state index < -0.39 is 5.54 Å². The number of fused-ring (bicyclic) bond motifs is 1. The van der Waals surface area contributed by atoms with Crippen molar-refractivity contribution in [1.29, 1.82) is 0 Å². The van der Waals surface area contributed by atoms with Crippen LogP contribution in [-0.2, 0) is 18.4 Å². The van der Waals surface area contributed by atoms with Crippen LogP contribution in [0.3, 0.4) is 0 Å². The summed E-state index contributed by atoms with van der Waals surface area (Å²) in [5.74, 6) is 0. The first kappa shape index (κ1) is 23.7. The maximum atomic E-state index is 4.78. The summed E-state index contributed by atoms with van der Waals surface area (Å²) < 4.78 is 3.30. The van der Waals surface area contributed by atoms with E-state index in [1.54, 1.807) is 0 Å². The minimum Gasteiger partial charge on any atom is -0.371 e. The van der Waals surface area contributed by atoms with E-state index in [0.717, 1.165) is 52.8 Å². The zero-order valence-corrected chi connectivity index (χ0v) is 22.3. The van der Waals surface area contributed by atoms with Crippen LogP contribution in [0.4, 0.5) is 5.69 Å². The lowest BCUT2D eigenvalue weighted by Gasteiger charge is -2.37. The molecule has 6 rings (SSSR count). The van der Waals surface area contributed by atoms with E-state index in [4.69, 9.17) is 5.21 Å². The quantitative estimate of drug-likeness (QED) is 0.208. The number of rotatable bonds is 7. The zero-order chi connectivity index (χ0) is 25.1. The fourth-order valence-electron chi connectivity index (χ4n) is 5.74. The second-order valence-corrected chi connectivity index (χ2v) is 10.5. The molecule has 0 amide bonds. The molecular weight excluding hydrogens is 520 g/mol. The van der Waals surface area contributed by atoms with Gasteiger partial charge in [0.25, 0.3) is 0 Å². The molecule has 1 aromatic heterocycles. The summed E-state index contributed by atoms with van der Waals surface area (Å²) in [4.78, 5) is 2.51. The molecule has 0 aliphatic carbocycles. The Kier molecular flexibility index (Phi) is 6.62. The van der Waals surface area contributed by atoms with E-state index in [-0.39, 0.29) is 0 Å². The van der Waals surface area contributed by atoms with Gasteiger partial charge < -0.3 is 4.90 Å². The summed E-state index contributed by atoms with van der Waals surface area (Å²) in [5, 5.41) is 9.25. The summed E-state index contributed by atoms with van der Waals surface area (Å²) in [6, 6.07) is 38.7. The van der Waals surface area contributed by atoms with Crippen molar-refractivity contribution in [1.82, 2.24) is 15.0 Å². The third kappa shape index (κ3) is 4.38. The van der Waals surface area contributed by atoms with Gasteiger partial charge in [0, 0.05) is 29.7 Å². The number of halogens is 1. The highest BCUT2D eigenvalue weighted by atomic mass is 79.9. The van der Waals surface area contributed by atoms with Gasteiger partial charge in [0.05, 0.1) is 11.9 Å². The average molecular weight is 550 g/mol. The molecule has 37 heavy (non-hydrogen) atoms. The molecule has 0 unspecified atom stereocenters. The molecule has 184 valence electrons. The number of anilines is 1. The predicted molar refractivity (Wildman–Crippen MR) is 153 cm³/mol. The molecule has 5 aromatic rings. The number of aryl methyl sites for hydroxylation is 1. The summed E-state index contributed by atoms with van der Waals surface area (Å²) in [6.07, 6.45) is 5.08. The molecule has 1 aliphatic rings. The number of benzene rings is 4. The van der Waals surface area contributed by atoms with E-state index in [9.17, 15) is 0 Å². The lowest BCUT2D eigenvalue weighted by Crippen LogP contribution is -2.40. The number of nitrogens with zero attached hydrogens (tertiary/aromatic N) is 4. The smallest absolute Gasteiger partial charge is 0.140 e. The average Bonchev–Trinajstić information content (AvgIpc) is 3.43. The zero-order valence-electron chi connectivity index (χ0n) is 20.7. The van der Waals surface area contributed by atoms with Gasteiger partial charge in [-0.1, -0.05) is 112 Å². The maximum Gasteiger partial charge on any atom is 0.140 e. The number of hydrogen-bond donors (Lipinski definition) is 0. The van der Waals surface area contributed by atoms with E-state index >= 15 is 0 Å². The highest BCUT2D eigenvalue weighted by Crippen LogP contribution is 2.41. The molecule has 0 saturated heterocycles. The minimum absolute atomic E-state index is 0.639. The van der Waals surface area contributed by atoms with Crippen molar-refractivity contribution < 1.29 is 0 Å². The van der Waals surface area contributed by atoms with Crippen molar-refractivity contribution in [3.8, 4) is 0 Å². The van der Waals surface area contributed by atoms with Gasteiger partial charge in [-0.3, -0.25) is 0 Å². The van der Waals surface area contributed by atoms with Crippen molar-refractivity contribution in [3.63, 3.8) is 0 Å². The molecule has 5 heteroatoms. The number of aromatic nitrogens is 3. The molecule has 0 N–H and O–H groups in total. The van der Waals surface area contributed by atoms with Gasteiger partial charge >= 0.3 is 0 Å². The van der Waals surface area contributed by atoms with Crippen LogP contribution < -0.4 is 4.90 Å². The van der Waals surface area contributed by atoms with Gasteiger partial charge in [0.1, 0.15) is 5.54 Å². The van der Waals surface area contributed by atoms with Crippen molar-refractivity contribution in [2.45, 2.75) is 24.8 Å². The summed E-state index contributed by atoms with van der Waals surface area (Å²) in [6.45, 7) is 1.98. The Morgan fingerprint density at radius 2 is 1.35 bits per heavy atom. The van der Waals surface area contributed by atoms with Crippen LogP contribution in [0.2, 0.25) is 0 Å². The molecule has 0 saturated carbocycles. The first-order valence-electron chi connectivity index (χ1n) is 12.9. The van der Waals surface area contributed by atoms with Gasteiger partial charge in [-0.15, -0.1) is 5.10 Å². The molecule has 4 nitrogen and oxygen atoms in total. The Morgan fingerprint density at radius 3 is 1.95 bits per heavy atom. The van der Waals surface area contributed by atoms with E-state index in [2.05, 4.69) is 140 Å². The normalized spacial score (nSPS) is 13.4. The minimum atomic E-state index is -0.639. The maximum absolute atomic E-state index is 4.78. The topological polar surface area (TPSA) is 34.0 Å². The van der Waals surface area contributed by atoms with Gasteiger partial charge in [-0.05, 0) is 53.3 Å². The second-order valence-electron chi connectivity index (χ2n) is 9.56. The van der Waals surface area contributed by atoms with Gasteiger partial charge in [-0.2, -0.15) is 0 Å². The second kappa shape index (κ2) is 10.3. The first-order valence-corrected chi connectivity index (χ1v) is 13.7. The molecule has 0 atom stereocenters. The lowest BCUT2D eigenvalue weighted by atomic mass is 9.77. The standard InChI is InChI=1S/C32H29BrN4/c33-29-18-19-31-25(23-29)11-10-21-36(31)22-20-30-24-34-35-37(30)32(26-12-4-1-5-13-26,27-14-6-2-7-15-27)28-16-8-3-9-17-28/h1-9,12-19,23-24H,10-11,20-22H2. The van der Waals surface area contributed by atoms with Crippen LogP contribution in [0.15, 0.2) is 120 Å². The van der Waals surface area contributed by atoms with E-state index in [1.807, 2.05) is 6.20 Å². The molecule has 0 bridgehead atoms. The van der Waals surface area contributed by atoms with Gasteiger partial charge in [0.15, 0.2) is 0 Å². The van der Waals surface area contributed by atoms with E-state index in [0.29, 0.717) is 0 Å². The molecular formula is C32H29BrN4. The van der Waals surface area contributed by atoms with Gasteiger partial charge in [-0.25, -0.2) is 4.68 Å². The van der Waals surface area contributed by atoms with Crippen LogP contribution in [0.1, 0.15) is 34.4 Å². The summed E-state index contributed by atoms with van der Waals surface area (Å²) in [7, 11) is 0. The number of hydrogen-bond acceptors (Lipinski definition) is 3. The third-order valence-electron chi connectivity index (χ3n) is 7.41. The first-order chi connectivity index (χ1) is 18.3. The van der Waals surface area contributed by atoms with Crippen LogP contribution in [-0.4, -0.2) is 28.1 Å². The van der Waals surface area contributed by atoms with Crippen molar-refractivity contribution >= 4 is 21.6 Å². The van der Waals surface area contributed by atoms with Crippen LogP contribution in [0.5, 0.6) is 0 Å². The van der Waals surface area contributed by atoms with Gasteiger partial charge in [0.2, 0.25) is 0 Å². The molecule has 0 spiro atoms. The monoisotopic (exact) mass is 548 g/mol. The Bertz CT molecular complexity index is 1370. The Balaban J connectivity index is 1.46. The molecule has 0 fully saturated rings. The van der Waals surface area contributed by atoms with E-state index in [1.165, 1.54) is 17.7 Å². The molecule has 1 aliphatic heterocycles. The highest BCUT2D eigenvalue weighted by Gasteiger charge is 2.40. The Labute approximate surface area is 226 Å². The fraction of sp³-hybridized carbons (Fsp3) is 0.188. The predicted octanol–water partition coefficient (Wildman–Crippen LogP) is 6.88. The SMILES string of the molecule is Brc1ccc2c(c1)CCCN2CCc1cnnn1C(c1ccccc1)(c1ccccc1)c1ccccc1. The van der Waals surface area contributed by atoms with Crippen LogP contribution in [0.25, 0.3) is 0 Å². The molecule has 2 heterocycles. The third-order valence-corrected chi connectivity index (χ3v) is 7.90. The molecule has 0 radical (unpaired) electrons. The summed E-state index contributed by atoms with van der Waals surface area (Å²) >= 11 is 3.64. The van der Waals surface area contributed by atoms with Crippen LogP contribution >= 0.6 is 15.9 Å². The van der Waals surface area contributed by atoms with Crippen molar-refractivity contribution in [2.24, 2.45) is 0 Å².